The third-order valence-electron chi connectivity index (χ3n) is 2.91. The molecule has 1 aliphatic carbocycles. The van der Waals surface area contributed by atoms with Crippen LogP contribution in [0.15, 0.2) is 29.2 Å². The van der Waals surface area contributed by atoms with Gasteiger partial charge in [0.2, 0.25) is 0 Å². The predicted molar refractivity (Wildman–Crippen MR) is 57.4 cm³/mol. The molecule has 0 amide bonds. The van der Waals surface area contributed by atoms with E-state index in [1.54, 1.807) is 25.1 Å². The third-order valence-corrected chi connectivity index (χ3v) is 5.24. The summed E-state index contributed by atoms with van der Waals surface area (Å²) >= 11 is 0. The quantitative estimate of drug-likeness (QED) is 0.826. The van der Waals surface area contributed by atoms with Crippen LogP contribution in [0.4, 0.5) is 0 Å². The minimum Gasteiger partial charge on any atom is -0.393 e. The maximum Gasteiger partial charge on any atom is 0.181 e. The Morgan fingerprint density at radius 1 is 1.27 bits per heavy atom. The summed E-state index contributed by atoms with van der Waals surface area (Å²) < 4.78 is 24.1. The van der Waals surface area contributed by atoms with E-state index in [0.717, 1.165) is 5.56 Å². The molecule has 0 aromatic heterocycles. The van der Waals surface area contributed by atoms with Gasteiger partial charge in [0.15, 0.2) is 9.84 Å². The second-order valence-corrected chi connectivity index (χ2v) is 6.25. The van der Waals surface area contributed by atoms with Crippen molar-refractivity contribution in [2.24, 2.45) is 0 Å². The number of hydrogen-bond acceptors (Lipinski definition) is 3. The van der Waals surface area contributed by atoms with E-state index < -0.39 is 21.2 Å². The van der Waals surface area contributed by atoms with Crippen molar-refractivity contribution < 1.29 is 13.5 Å². The number of hydrogen-bond donors (Lipinski definition) is 1. The van der Waals surface area contributed by atoms with Crippen LogP contribution in [0.2, 0.25) is 0 Å². The highest BCUT2D eigenvalue weighted by molar-refractivity contribution is 7.92. The zero-order chi connectivity index (χ0) is 11.1. The minimum atomic E-state index is -3.23. The van der Waals surface area contributed by atoms with Gasteiger partial charge in [-0.15, -0.1) is 0 Å². The number of aliphatic hydroxyl groups is 1. The molecule has 1 aliphatic rings. The van der Waals surface area contributed by atoms with Crippen LogP contribution in [-0.2, 0) is 9.84 Å². The van der Waals surface area contributed by atoms with Crippen LogP contribution in [0.3, 0.4) is 0 Å². The van der Waals surface area contributed by atoms with Crippen LogP contribution in [0.25, 0.3) is 0 Å². The Morgan fingerprint density at radius 2 is 1.87 bits per heavy atom. The second kappa shape index (κ2) is 3.61. The molecule has 1 N–H and O–H groups in total. The van der Waals surface area contributed by atoms with Gasteiger partial charge in [-0.05, 0) is 31.4 Å². The van der Waals surface area contributed by atoms with Gasteiger partial charge in [0, 0.05) is 0 Å². The molecule has 0 atom stereocenters. The lowest BCUT2D eigenvalue weighted by molar-refractivity contribution is 0.0977. The fourth-order valence-electron chi connectivity index (χ4n) is 1.85. The maximum atomic E-state index is 12.1. The zero-order valence-electron chi connectivity index (χ0n) is 8.55. The van der Waals surface area contributed by atoms with E-state index in [9.17, 15) is 8.42 Å². The average Bonchev–Trinajstić information content (AvgIpc) is 2.13. The molecule has 15 heavy (non-hydrogen) atoms. The van der Waals surface area contributed by atoms with E-state index in [0.29, 0.717) is 17.7 Å². The summed E-state index contributed by atoms with van der Waals surface area (Å²) in [5, 5.41) is 8.74. The van der Waals surface area contributed by atoms with E-state index in [2.05, 4.69) is 0 Å². The van der Waals surface area contributed by atoms with Gasteiger partial charge in [-0.3, -0.25) is 0 Å². The van der Waals surface area contributed by atoms with Crippen molar-refractivity contribution >= 4 is 9.84 Å². The summed E-state index contributed by atoms with van der Waals surface area (Å²) in [6.45, 7) is 1.79. The first-order chi connectivity index (χ1) is 7.01. The molecule has 0 radical (unpaired) electrons. The summed E-state index contributed by atoms with van der Waals surface area (Å²) in [5.41, 5.74) is 0.777. The van der Waals surface area contributed by atoms with Crippen LogP contribution in [-0.4, -0.2) is 24.9 Å². The van der Waals surface area contributed by atoms with Gasteiger partial charge in [0.25, 0.3) is 0 Å². The maximum absolute atomic E-state index is 12.1. The molecule has 1 aromatic rings. The molecular weight excluding hydrogens is 212 g/mol. The molecule has 0 heterocycles. The van der Waals surface area contributed by atoms with Gasteiger partial charge in [-0.25, -0.2) is 8.42 Å². The standard InChI is InChI=1S/C11H14O3S/c1-8-4-2-3-5-11(8)15(13,14)10-6-9(12)7-10/h2-5,9-10,12H,6-7H2,1H3. The summed E-state index contributed by atoms with van der Waals surface area (Å²) in [6.07, 6.45) is 0.307. The third kappa shape index (κ3) is 1.79. The molecule has 0 unspecified atom stereocenters. The fourth-order valence-corrected chi connectivity index (χ4v) is 3.94. The molecule has 1 saturated carbocycles. The number of aryl methyl sites for hydroxylation is 1. The Balaban J connectivity index is 2.35. The Kier molecular flexibility index (Phi) is 2.56. The lowest BCUT2D eigenvalue weighted by Crippen LogP contribution is -2.39. The summed E-state index contributed by atoms with van der Waals surface area (Å²) in [6, 6.07) is 6.98. The van der Waals surface area contributed by atoms with Crippen LogP contribution < -0.4 is 0 Å². The summed E-state index contributed by atoms with van der Waals surface area (Å²) in [4.78, 5) is 0.405. The van der Waals surface area contributed by atoms with Crippen LogP contribution >= 0.6 is 0 Å². The molecule has 82 valence electrons. The summed E-state index contributed by atoms with van der Waals surface area (Å²) in [7, 11) is -3.23. The molecule has 2 rings (SSSR count). The number of benzene rings is 1. The lowest BCUT2D eigenvalue weighted by atomic mass is 9.96. The van der Waals surface area contributed by atoms with Crippen molar-refractivity contribution in [3.8, 4) is 0 Å². The van der Waals surface area contributed by atoms with Crippen molar-refractivity contribution in [2.45, 2.75) is 36.0 Å². The molecule has 0 saturated heterocycles. The topological polar surface area (TPSA) is 54.4 Å². The van der Waals surface area contributed by atoms with Gasteiger partial charge in [-0.1, -0.05) is 18.2 Å². The molecule has 3 nitrogen and oxygen atoms in total. The van der Waals surface area contributed by atoms with Crippen molar-refractivity contribution in [3.63, 3.8) is 0 Å². The predicted octanol–water partition coefficient (Wildman–Crippen LogP) is 1.29. The highest BCUT2D eigenvalue weighted by Crippen LogP contribution is 2.32. The largest absolute Gasteiger partial charge is 0.393 e. The smallest absolute Gasteiger partial charge is 0.181 e. The first kappa shape index (κ1) is 10.6. The van der Waals surface area contributed by atoms with E-state index in [4.69, 9.17) is 5.11 Å². The highest BCUT2D eigenvalue weighted by atomic mass is 32.2. The Bertz CT molecular complexity index is 458. The Labute approximate surface area is 89.7 Å². The first-order valence-corrected chi connectivity index (χ1v) is 6.54. The van der Waals surface area contributed by atoms with E-state index in [1.807, 2.05) is 6.07 Å². The van der Waals surface area contributed by atoms with Gasteiger partial charge < -0.3 is 5.11 Å². The number of sulfone groups is 1. The van der Waals surface area contributed by atoms with Gasteiger partial charge in [0.05, 0.1) is 16.2 Å². The van der Waals surface area contributed by atoms with Crippen molar-refractivity contribution in [2.75, 3.05) is 0 Å². The van der Waals surface area contributed by atoms with Gasteiger partial charge in [-0.2, -0.15) is 0 Å². The monoisotopic (exact) mass is 226 g/mol. The Hall–Kier alpha value is -0.870. The van der Waals surface area contributed by atoms with E-state index >= 15 is 0 Å². The van der Waals surface area contributed by atoms with Crippen molar-refractivity contribution in [1.29, 1.82) is 0 Å². The molecule has 0 aliphatic heterocycles. The van der Waals surface area contributed by atoms with Crippen LogP contribution in [0, 0.1) is 6.92 Å². The zero-order valence-corrected chi connectivity index (χ0v) is 9.37. The molecular formula is C11H14O3S. The second-order valence-electron chi connectivity index (χ2n) is 4.06. The highest BCUT2D eigenvalue weighted by Gasteiger charge is 2.39. The first-order valence-electron chi connectivity index (χ1n) is 4.99. The number of rotatable bonds is 2. The number of aliphatic hydroxyl groups excluding tert-OH is 1. The molecule has 4 heteroatoms. The minimum absolute atomic E-state index is 0.372. The SMILES string of the molecule is Cc1ccccc1S(=O)(=O)C1CC(O)C1. The van der Waals surface area contributed by atoms with E-state index in [1.165, 1.54) is 0 Å². The Morgan fingerprint density at radius 3 is 2.40 bits per heavy atom. The van der Waals surface area contributed by atoms with E-state index in [-0.39, 0.29) is 0 Å². The molecule has 0 spiro atoms. The fraction of sp³-hybridized carbons (Fsp3) is 0.455. The summed E-state index contributed by atoms with van der Waals surface area (Å²) in [5.74, 6) is 0. The average molecular weight is 226 g/mol. The molecule has 1 fully saturated rings. The van der Waals surface area contributed by atoms with Gasteiger partial charge in [0.1, 0.15) is 0 Å². The van der Waals surface area contributed by atoms with Crippen molar-refractivity contribution in [1.82, 2.24) is 0 Å². The van der Waals surface area contributed by atoms with Gasteiger partial charge >= 0.3 is 0 Å². The lowest BCUT2D eigenvalue weighted by Gasteiger charge is -2.31. The van der Waals surface area contributed by atoms with Crippen LogP contribution in [0.5, 0.6) is 0 Å². The molecule has 1 aromatic carbocycles. The normalized spacial score (nSPS) is 26.0. The molecule has 0 bridgehead atoms. The van der Waals surface area contributed by atoms with Crippen molar-refractivity contribution in [3.05, 3.63) is 29.8 Å². The van der Waals surface area contributed by atoms with Crippen LogP contribution in [0.1, 0.15) is 18.4 Å².